The molecule has 3 heterocycles. The highest BCUT2D eigenvalue weighted by Crippen LogP contribution is 2.34. The summed E-state index contributed by atoms with van der Waals surface area (Å²) in [7, 11) is 3.61. The molecule has 0 bridgehead atoms. The highest BCUT2D eigenvalue weighted by atomic mass is 16.1. The minimum Gasteiger partial charge on any atom is -0.354 e. The van der Waals surface area contributed by atoms with Crippen LogP contribution in [0.25, 0.3) is 0 Å². The molecule has 1 N–H and O–H groups in total. The van der Waals surface area contributed by atoms with Crippen molar-refractivity contribution in [3.63, 3.8) is 0 Å². The number of hydrogen-bond donors (Lipinski definition) is 1. The molecule has 122 valence electrons. The lowest BCUT2D eigenvalue weighted by molar-refractivity contribution is 0.0954. The second-order valence-corrected chi connectivity index (χ2v) is 6.00. The van der Waals surface area contributed by atoms with Gasteiger partial charge in [0.2, 0.25) is 0 Å². The third-order valence-corrected chi connectivity index (χ3v) is 4.55. The number of piperidine rings is 1. The summed E-state index contributed by atoms with van der Waals surface area (Å²) in [6.45, 7) is 2.96. The van der Waals surface area contributed by atoms with Crippen LogP contribution in [-0.4, -0.2) is 34.0 Å². The Morgan fingerprint density at radius 1 is 1.30 bits per heavy atom. The molecule has 1 atom stereocenters. The summed E-state index contributed by atoms with van der Waals surface area (Å²) in [5.41, 5.74) is 2.81. The fourth-order valence-corrected chi connectivity index (χ4v) is 3.33. The number of carbonyl (C=O) groups excluding carboxylic acids is 1. The van der Waals surface area contributed by atoms with E-state index >= 15 is 0 Å². The predicted octanol–water partition coefficient (Wildman–Crippen LogP) is 2.21. The molecule has 1 saturated heterocycles. The van der Waals surface area contributed by atoms with Gasteiger partial charge in [0.25, 0.3) is 5.91 Å². The van der Waals surface area contributed by atoms with Gasteiger partial charge < -0.3 is 14.8 Å². The van der Waals surface area contributed by atoms with Gasteiger partial charge in [0.15, 0.2) is 0 Å². The van der Waals surface area contributed by atoms with Crippen LogP contribution in [0.3, 0.4) is 0 Å². The van der Waals surface area contributed by atoms with Crippen LogP contribution >= 0.6 is 0 Å². The van der Waals surface area contributed by atoms with Crippen LogP contribution in [0.2, 0.25) is 0 Å². The number of anilines is 1. The largest absolute Gasteiger partial charge is 0.354 e. The lowest BCUT2D eigenvalue weighted by Crippen LogP contribution is -2.35. The average Bonchev–Trinajstić information content (AvgIpc) is 2.95. The second kappa shape index (κ2) is 6.40. The van der Waals surface area contributed by atoms with Crippen LogP contribution in [0.5, 0.6) is 0 Å². The molecule has 1 fully saturated rings. The zero-order valence-corrected chi connectivity index (χ0v) is 13.9. The maximum absolute atomic E-state index is 12.0. The predicted molar refractivity (Wildman–Crippen MR) is 89.5 cm³/mol. The summed E-state index contributed by atoms with van der Waals surface area (Å²) in [6, 6.07) is 6.22. The fourth-order valence-electron chi connectivity index (χ4n) is 3.33. The molecule has 0 aromatic carbocycles. The van der Waals surface area contributed by atoms with Gasteiger partial charge in [-0.25, -0.2) is 9.97 Å². The Balaban J connectivity index is 1.96. The second-order valence-electron chi connectivity index (χ2n) is 6.00. The molecule has 1 aliphatic rings. The summed E-state index contributed by atoms with van der Waals surface area (Å²) < 4.78 is 2.00. The van der Waals surface area contributed by atoms with E-state index in [-0.39, 0.29) is 11.9 Å². The lowest BCUT2D eigenvalue weighted by Gasteiger charge is -2.37. The molecule has 1 amide bonds. The Labute approximate surface area is 136 Å². The Morgan fingerprint density at radius 2 is 2.13 bits per heavy atom. The van der Waals surface area contributed by atoms with Crippen molar-refractivity contribution in [2.24, 2.45) is 7.05 Å². The van der Waals surface area contributed by atoms with Gasteiger partial charge in [0.1, 0.15) is 17.8 Å². The van der Waals surface area contributed by atoms with E-state index in [0.717, 1.165) is 36.6 Å². The van der Waals surface area contributed by atoms with Gasteiger partial charge >= 0.3 is 0 Å². The first-order chi connectivity index (χ1) is 11.1. The van der Waals surface area contributed by atoms with Gasteiger partial charge in [0.05, 0.1) is 6.04 Å². The standard InChI is InChI=1S/C17H23N5O/c1-12-10-16(20-11-19-12)22-9-5-4-6-14(22)13-7-8-15(21(13)3)17(23)18-2/h7-8,10-11,14H,4-6,9H2,1-3H3,(H,18,23)/t14-/m1/s1. The summed E-state index contributed by atoms with van der Waals surface area (Å²) >= 11 is 0. The van der Waals surface area contributed by atoms with Gasteiger partial charge in [0, 0.05) is 38.1 Å². The van der Waals surface area contributed by atoms with Gasteiger partial charge in [-0.1, -0.05) is 0 Å². The third kappa shape index (κ3) is 2.93. The van der Waals surface area contributed by atoms with E-state index in [0.29, 0.717) is 5.69 Å². The van der Waals surface area contributed by atoms with Gasteiger partial charge in [-0.3, -0.25) is 4.79 Å². The highest BCUT2D eigenvalue weighted by Gasteiger charge is 2.28. The smallest absolute Gasteiger partial charge is 0.267 e. The minimum atomic E-state index is -0.0565. The lowest BCUT2D eigenvalue weighted by atomic mass is 9.99. The monoisotopic (exact) mass is 313 g/mol. The van der Waals surface area contributed by atoms with Crippen LogP contribution in [0.1, 0.15) is 47.2 Å². The van der Waals surface area contributed by atoms with E-state index < -0.39 is 0 Å². The number of aryl methyl sites for hydroxylation is 1. The Morgan fingerprint density at radius 3 is 2.87 bits per heavy atom. The van der Waals surface area contributed by atoms with Crippen LogP contribution < -0.4 is 10.2 Å². The quantitative estimate of drug-likeness (QED) is 0.944. The molecular formula is C17H23N5O. The van der Waals surface area contributed by atoms with Crippen molar-refractivity contribution in [3.05, 3.63) is 41.6 Å². The SMILES string of the molecule is CNC(=O)c1ccc([C@H]2CCCCN2c2cc(C)ncn2)n1C. The highest BCUT2D eigenvalue weighted by molar-refractivity contribution is 5.92. The Hall–Kier alpha value is -2.37. The van der Waals surface area contributed by atoms with Gasteiger partial charge in [-0.15, -0.1) is 0 Å². The molecule has 1 aliphatic heterocycles. The van der Waals surface area contributed by atoms with Crippen LogP contribution in [0.15, 0.2) is 24.5 Å². The molecule has 3 rings (SSSR count). The van der Waals surface area contributed by atoms with Crippen molar-refractivity contribution in [1.82, 2.24) is 19.9 Å². The number of rotatable bonds is 3. The first kappa shape index (κ1) is 15.5. The normalized spacial score (nSPS) is 18.0. The molecule has 23 heavy (non-hydrogen) atoms. The number of nitrogens with one attached hydrogen (secondary N) is 1. The van der Waals surface area contributed by atoms with Crippen LogP contribution in [-0.2, 0) is 7.05 Å². The first-order valence-corrected chi connectivity index (χ1v) is 8.05. The van der Waals surface area contributed by atoms with Gasteiger partial charge in [-0.2, -0.15) is 0 Å². The van der Waals surface area contributed by atoms with E-state index in [2.05, 4.69) is 26.3 Å². The Bertz CT molecular complexity index is 709. The number of aromatic nitrogens is 3. The molecule has 0 aliphatic carbocycles. The van der Waals surface area contributed by atoms with E-state index in [4.69, 9.17) is 0 Å². The molecule has 6 nitrogen and oxygen atoms in total. The van der Waals surface area contributed by atoms with E-state index in [9.17, 15) is 4.79 Å². The average molecular weight is 313 g/mol. The summed E-state index contributed by atoms with van der Waals surface area (Å²) in [6.07, 6.45) is 5.03. The topological polar surface area (TPSA) is 63.1 Å². The van der Waals surface area contributed by atoms with Crippen molar-refractivity contribution in [2.45, 2.75) is 32.2 Å². The number of nitrogens with zero attached hydrogens (tertiary/aromatic N) is 4. The number of amides is 1. The number of carbonyl (C=O) groups is 1. The molecule has 0 spiro atoms. The zero-order chi connectivity index (χ0) is 16.4. The molecule has 6 heteroatoms. The van der Waals surface area contributed by atoms with E-state index in [1.54, 1.807) is 13.4 Å². The Kier molecular flexibility index (Phi) is 4.32. The van der Waals surface area contributed by atoms with Crippen molar-refractivity contribution >= 4 is 11.7 Å². The molecule has 0 radical (unpaired) electrons. The van der Waals surface area contributed by atoms with Gasteiger partial charge in [-0.05, 0) is 38.3 Å². The van der Waals surface area contributed by atoms with Crippen molar-refractivity contribution in [3.8, 4) is 0 Å². The molecule has 0 unspecified atom stereocenters. The zero-order valence-electron chi connectivity index (χ0n) is 13.9. The molecule has 2 aromatic heterocycles. The molecule has 2 aromatic rings. The van der Waals surface area contributed by atoms with Crippen molar-refractivity contribution in [1.29, 1.82) is 0 Å². The summed E-state index contributed by atoms with van der Waals surface area (Å²) in [5, 5.41) is 2.69. The summed E-state index contributed by atoms with van der Waals surface area (Å²) in [4.78, 5) is 22.9. The van der Waals surface area contributed by atoms with Crippen LogP contribution in [0, 0.1) is 6.92 Å². The first-order valence-electron chi connectivity index (χ1n) is 8.05. The van der Waals surface area contributed by atoms with Crippen molar-refractivity contribution < 1.29 is 4.79 Å². The fraction of sp³-hybridized carbons (Fsp3) is 0.471. The van der Waals surface area contributed by atoms with E-state index in [1.165, 1.54) is 6.42 Å². The molecule has 0 saturated carbocycles. The third-order valence-electron chi connectivity index (χ3n) is 4.55. The maximum atomic E-state index is 12.0. The minimum absolute atomic E-state index is 0.0565. The molecular weight excluding hydrogens is 290 g/mol. The van der Waals surface area contributed by atoms with Crippen LogP contribution in [0.4, 0.5) is 5.82 Å². The van der Waals surface area contributed by atoms with E-state index in [1.807, 2.05) is 30.7 Å². The number of hydrogen-bond acceptors (Lipinski definition) is 4. The maximum Gasteiger partial charge on any atom is 0.267 e. The van der Waals surface area contributed by atoms with Crippen molar-refractivity contribution in [2.75, 3.05) is 18.5 Å². The summed E-state index contributed by atoms with van der Waals surface area (Å²) in [5.74, 6) is 0.906.